The number of ether oxygens (including phenoxy) is 1. The number of Topliss-reactive ketones (excluding diaryl/α,β-unsaturated/α-hetero) is 1. The van der Waals surface area contributed by atoms with E-state index in [4.69, 9.17) is 0 Å². The van der Waals surface area contributed by atoms with Crippen molar-refractivity contribution in [2.75, 3.05) is 6.61 Å². The molecule has 1 rings (SSSR count). The van der Waals surface area contributed by atoms with Crippen molar-refractivity contribution >= 4 is 11.8 Å². The molecule has 0 radical (unpaired) electrons. The second-order valence-corrected chi connectivity index (χ2v) is 2.05. The average molecular weight is 156 g/mol. The molecular formula is C6H8N2O3. The molecule has 0 saturated heterocycles. The predicted octanol–water partition coefficient (Wildman–Crippen LogP) is 0.301. The molecule has 5 nitrogen and oxygen atoms in total. The molecule has 0 bridgehead atoms. The van der Waals surface area contributed by atoms with E-state index >= 15 is 0 Å². The van der Waals surface area contributed by atoms with E-state index in [9.17, 15) is 9.59 Å². The molecule has 0 unspecified atom stereocenters. The fraction of sp³-hybridized carbons (Fsp3) is 0.667. The van der Waals surface area contributed by atoms with Gasteiger partial charge in [0.25, 0.3) is 0 Å². The lowest BCUT2D eigenvalue weighted by Gasteiger charge is -1.97. The van der Waals surface area contributed by atoms with Gasteiger partial charge in [-0.15, -0.1) is 0 Å². The van der Waals surface area contributed by atoms with Gasteiger partial charge in [-0.2, -0.15) is 10.2 Å². The maximum atomic E-state index is 10.8. The minimum absolute atomic E-state index is 0.217. The number of hydrogen-bond acceptors (Lipinski definition) is 5. The molecule has 60 valence electrons. The number of rotatable bonds is 4. The summed E-state index contributed by atoms with van der Waals surface area (Å²) in [6.07, 6.45) is -0.801. The number of esters is 1. The summed E-state index contributed by atoms with van der Waals surface area (Å²) in [5.74, 6) is -0.793. The molecule has 11 heavy (non-hydrogen) atoms. The van der Waals surface area contributed by atoms with E-state index in [1.54, 1.807) is 6.92 Å². The van der Waals surface area contributed by atoms with E-state index in [-0.39, 0.29) is 12.2 Å². The zero-order chi connectivity index (χ0) is 8.27. The maximum absolute atomic E-state index is 10.8. The van der Waals surface area contributed by atoms with Gasteiger partial charge in [0.05, 0.1) is 6.61 Å². The Morgan fingerprint density at radius 3 is 2.55 bits per heavy atom. The van der Waals surface area contributed by atoms with Crippen molar-refractivity contribution in [3.8, 4) is 0 Å². The Kier molecular flexibility index (Phi) is 2.30. The smallest absolute Gasteiger partial charge is 0.313 e. The Bertz CT molecular complexity index is 206. The largest absolute Gasteiger partial charge is 0.466 e. The number of carbonyl (C=O) groups is 2. The molecule has 0 aromatic rings. The highest BCUT2D eigenvalue weighted by molar-refractivity contribution is 5.99. The molecule has 0 spiro atoms. The normalized spacial score (nSPS) is 14.6. The zero-order valence-electron chi connectivity index (χ0n) is 6.11. The van der Waals surface area contributed by atoms with Crippen LogP contribution in [0.2, 0.25) is 0 Å². The number of carbonyl (C=O) groups excluding carboxylic acids is 2. The molecule has 0 amide bonds. The monoisotopic (exact) mass is 156 g/mol. The van der Waals surface area contributed by atoms with E-state index in [1.807, 2.05) is 0 Å². The first-order valence-corrected chi connectivity index (χ1v) is 3.32. The molecular weight excluding hydrogens is 148 g/mol. The molecule has 1 aliphatic heterocycles. The average Bonchev–Trinajstić information content (AvgIpc) is 2.67. The Morgan fingerprint density at radius 1 is 1.45 bits per heavy atom. The summed E-state index contributed by atoms with van der Waals surface area (Å²) in [7, 11) is 0. The maximum Gasteiger partial charge on any atom is 0.313 e. The molecule has 0 aromatic heterocycles. The highest BCUT2D eigenvalue weighted by Gasteiger charge is 2.27. The third-order valence-electron chi connectivity index (χ3n) is 1.14. The van der Waals surface area contributed by atoms with E-state index < -0.39 is 12.1 Å². The first-order valence-electron chi connectivity index (χ1n) is 3.32. The molecule has 0 N–H and O–H groups in total. The van der Waals surface area contributed by atoms with Crippen LogP contribution in [0.5, 0.6) is 0 Å². The predicted molar refractivity (Wildman–Crippen MR) is 34.9 cm³/mol. The van der Waals surface area contributed by atoms with Gasteiger partial charge in [0, 0.05) is 0 Å². The lowest BCUT2D eigenvalue weighted by atomic mass is 10.2. The quantitative estimate of drug-likeness (QED) is 0.434. The number of ketones is 1. The topological polar surface area (TPSA) is 68.1 Å². The van der Waals surface area contributed by atoms with Gasteiger partial charge in [-0.1, -0.05) is 0 Å². The fourth-order valence-corrected chi connectivity index (χ4v) is 0.608. The molecule has 0 fully saturated rings. The molecule has 0 aliphatic carbocycles. The Morgan fingerprint density at radius 2 is 2.09 bits per heavy atom. The van der Waals surface area contributed by atoms with Crippen LogP contribution in [0, 0.1) is 0 Å². The Labute approximate surface area is 63.4 Å². The lowest BCUT2D eigenvalue weighted by molar-refractivity contribution is -0.145. The first-order chi connectivity index (χ1) is 5.24. The summed E-state index contributed by atoms with van der Waals surface area (Å²) >= 11 is 0. The van der Waals surface area contributed by atoms with Crippen LogP contribution in [-0.2, 0) is 14.3 Å². The van der Waals surface area contributed by atoms with Crippen LogP contribution < -0.4 is 0 Å². The van der Waals surface area contributed by atoms with Gasteiger partial charge in [-0.05, 0) is 6.92 Å². The van der Waals surface area contributed by atoms with E-state index in [1.165, 1.54) is 0 Å². The molecule has 1 aliphatic rings. The third-order valence-corrected chi connectivity index (χ3v) is 1.14. The Balaban J connectivity index is 2.18. The van der Waals surface area contributed by atoms with E-state index in [2.05, 4.69) is 15.0 Å². The van der Waals surface area contributed by atoms with Gasteiger partial charge in [0.15, 0.2) is 5.78 Å². The van der Waals surface area contributed by atoms with Crippen molar-refractivity contribution in [2.24, 2.45) is 10.2 Å². The molecule has 0 saturated carbocycles. The minimum atomic E-state index is -0.584. The minimum Gasteiger partial charge on any atom is -0.466 e. The zero-order valence-corrected chi connectivity index (χ0v) is 6.11. The number of hydrogen-bond donors (Lipinski definition) is 0. The summed E-state index contributed by atoms with van der Waals surface area (Å²) in [6.45, 7) is 1.99. The van der Waals surface area contributed by atoms with Crippen LogP contribution >= 0.6 is 0 Å². The number of nitrogens with zero attached hydrogens (tertiary/aromatic N) is 2. The fourth-order valence-electron chi connectivity index (χ4n) is 0.608. The lowest BCUT2D eigenvalue weighted by Crippen LogP contribution is -2.15. The Hall–Kier alpha value is -1.26. The van der Waals surface area contributed by atoms with Gasteiger partial charge in [0.2, 0.25) is 6.17 Å². The van der Waals surface area contributed by atoms with Crippen molar-refractivity contribution in [1.29, 1.82) is 0 Å². The van der Waals surface area contributed by atoms with Gasteiger partial charge in [0.1, 0.15) is 6.42 Å². The second kappa shape index (κ2) is 3.23. The van der Waals surface area contributed by atoms with Crippen LogP contribution in [-0.4, -0.2) is 24.5 Å². The first kappa shape index (κ1) is 7.84. The highest BCUT2D eigenvalue weighted by Crippen LogP contribution is 2.12. The van der Waals surface area contributed by atoms with Crippen LogP contribution in [0.3, 0.4) is 0 Å². The van der Waals surface area contributed by atoms with Crippen molar-refractivity contribution in [1.82, 2.24) is 0 Å². The molecule has 0 aromatic carbocycles. The summed E-state index contributed by atoms with van der Waals surface area (Å²) in [6, 6.07) is 0. The van der Waals surface area contributed by atoms with Gasteiger partial charge < -0.3 is 4.74 Å². The highest BCUT2D eigenvalue weighted by atomic mass is 16.5. The van der Waals surface area contributed by atoms with Crippen LogP contribution in [0.4, 0.5) is 0 Å². The second-order valence-electron chi connectivity index (χ2n) is 2.05. The van der Waals surface area contributed by atoms with E-state index in [0.29, 0.717) is 6.61 Å². The summed E-state index contributed by atoms with van der Waals surface area (Å²) in [5, 5.41) is 6.77. The molecule has 5 heteroatoms. The SMILES string of the molecule is CCOC(=O)CC(=O)C1N=N1. The van der Waals surface area contributed by atoms with Crippen molar-refractivity contribution in [3.05, 3.63) is 0 Å². The third kappa shape index (κ3) is 2.45. The standard InChI is InChI=1S/C6H8N2O3/c1-2-11-5(10)3-4(9)6-7-8-6/h6H,2-3H2,1H3. The summed E-state index contributed by atoms with van der Waals surface area (Å²) in [4.78, 5) is 21.5. The van der Waals surface area contributed by atoms with Gasteiger partial charge in [-0.25, -0.2) is 0 Å². The van der Waals surface area contributed by atoms with Gasteiger partial charge in [-0.3, -0.25) is 9.59 Å². The molecule has 1 heterocycles. The summed E-state index contributed by atoms with van der Waals surface area (Å²) in [5.41, 5.74) is 0. The van der Waals surface area contributed by atoms with Crippen LogP contribution in [0.25, 0.3) is 0 Å². The van der Waals surface area contributed by atoms with Gasteiger partial charge >= 0.3 is 5.97 Å². The van der Waals surface area contributed by atoms with Crippen LogP contribution in [0.15, 0.2) is 10.2 Å². The molecule has 0 atom stereocenters. The van der Waals surface area contributed by atoms with Crippen molar-refractivity contribution in [2.45, 2.75) is 19.5 Å². The summed E-state index contributed by atoms with van der Waals surface area (Å²) < 4.78 is 4.55. The van der Waals surface area contributed by atoms with Crippen LogP contribution in [0.1, 0.15) is 13.3 Å². The van der Waals surface area contributed by atoms with Crippen molar-refractivity contribution in [3.63, 3.8) is 0 Å². The van der Waals surface area contributed by atoms with Crippen molar-refractivity contribution < 1.29 is 14.3 Å². The van der Waals surface area contributed by atoms with E-state index in [0.717, 1.165) is 0 Å².